The van der Waals surface area contributed by atoms with Crippen molar-refractivity contribution in [3.63, 3.8) is 0 Å². The summed E-state index contributed by atoms with van der Waals surface area (Å²) >= 11 is 0. The third kappa shape index (κ3) is 4.04. The van der Waals surface area contributed by atoms with Crippen LogP contribution in [-0.2, 0) is 16.1 Å². The van der Waals surface area contributed by atoms with Gasteiger partial charge in [0.1, 0.15) is 13.2 Å². The first-order valence-electron chi connectivity index (χ1n) is 9.43. The van der Waals surface area contributed by atoms with Crippen LogP contribution in [-0.4, -0.2) is 40.7 Å². The molecule has 0 saturated carbocycles. The van der Waals surface area contributed by atoms with Crippen LogP contribution in [0.2, 0.25) is 0 Å². The zero-order valence-corrected chi connectivity index (χ0v) is 16.3. The molecule has 0 unspecified atom stereocenters. The van der Waals surface area contributed by atoms with Crippen LogP contribution in [0.3, 0.4) is 0 Å². The molecule has 156 valence electrons. The van der Waals surface area contributed by atoms with Crippen LogP contribution in [0, 0.1) is 12.3 Å². The average Bonchev–Trinajstić information content (AvgIpc) is 3.07. The fourth-order valence-corrected chi connectivity index (χ4v) is 3.19. The minimum absolute atomic E-state index is 0.0289. The molecule has 1 aliphatic heterocycles. The van der Waals surface area contributed by atoms with Crippen molar-refractivity contribution in [2.45, 2.75) is 12.6 Å². The Kier molecular flexibility index (Phi) is 5.53. The predicted molar refractivity (Wildman–Crippen MR) is 111 cm³/mol. The lowest BCUT2D eigenvalue weighted by Gasteiger charge is -2.25. The summed E-state index contributed by atoms with van der Waals surface area (Å²) in [5.41, 5.74) is 0.800. The lowest BCUT2D eigenvalue weighted by atomic mass is 10.2. The number of terminal acetylenes is 1. The summed E-state index contributed by atoms with van der Waals surface area (Å²) < 4.78 is 12.6. The maximum atomic E-state index is 12.3. The van der Waals surface area contributed by atoms with E-state index in [0.717, 1.165) is 0 Å². The molecular weight excluding hydrogens is 400 g/mol. The molecule has 4 rings (SSSR count). The van der Waals surface area contributed by atoms with E-state index in [1.165, 1.54) is 4.57 Å². The van der Waals surface area contributed by atoms with Gasteiger partial charge in [-0.2, -0.15) is 0 Å². The van der Waals surface area contributed by atoms with Gasteiger partial charge >= 0.3 is 0 Å². The summed E-state index contributed by atoms with van der Waals surface area (Å²) in [4.78, 5) is 24.4. The van der Waals surface area contributed by atoms with Gasteiger partial charge in [-0.25, -0.2) is 0 Å². The Balaban J connectivity index is 1.40. The highest BCUT2D eigenvalue weighted by Gasteiger charge is 2.27. The van der Waals surface area contributed by atoms with Crippen LogP contribution < -0.4 is 14.8 Å². The van der Waals surface area contributed by atoms with Crippen LogP contribution in [0.25, 0.3) is 10.9 Å². The second-order valence-corrected chi connectivity index (χ2v) is 6.66. The molecule has 31 heavy (non-hydrogen) atoms. The van der Waals surface area contributed by atoms with Crippen molar-refractivity contribution in [1.82, 2.24) is 9.88 Å². The van der Waals surface area contributed by atoms with E-state index in [1.54, 1.807) is 48.5 Å². The highest BCUT2D eigenvalue weighted by atomic mass is 16.6. The van der Waals surface area contributed by atoms with Gasteiger partial charge in [0.05, 0.1) is 12.1 Å². The molecule has 2 heterocycles. The molecule has 0 fully saturated rings. The molecule has 3 aromatic rings. The minimum atomic E-state index is -0.884. The first kappa shape index (κ1) is 20.0. The molecule has 9 heteroatoms. The molecule has 0 bridgehead atoms. The summed E-state index contributed by atoms with van der Waals surface area (Å²) in [6.07, 6.45) is 4.47. The number of carbonyl (C=O) groups is 2. The van der Waals surface area contributed by atoms with E-state index < -0.39 is 17.9 Å². The number of rotatable bonds is 5. The van der Waals surface area contributed by atoms with Gasteiger partial charge in [0.2, 0.25) is 12.0 Å². The number of nitrogens with zero attached hydrogens (tertiary/aromatic N) is 3. The maximum absolute atomic E-state index is 12.3. The van der Waals surface area contributed by atoms with Crippen LogP contribution in [0.1, 0.15) is 0 Å². The van der Waals surface area contributed by atoms with Crippen molar-refractivity contribution >= 4 is 28.4 Å². The van der Waals surface area contributed by atoms with Crippen LogP contribution in [0.4, 0.5) is 5.69 Å². The Morgan fingerprint density at radius 3 is 2.74 bits per heavy atom. The average molecular weight is 418 g/mol. The topological polar surface area (TPSA) is 115 Å². The van der Waals surface area contributed by atoms with Crippen molar-refractivity contribution in [2.24, 2.45) is 10.2 Å². The molecule has 1 aliphatic rings. The minimum Gasteiger partial charge on any atom is -0.493 e. The zero-order valence-electron chi connectivity index (χ0n) is 16.3. The highest BCUT2D eigenvalue weighted by Crippen LogP contribution is 2.38. The monoisotopic (exact) mass is 418 g/mol. The van der Waals surface area contributed by atoms with Crippen LogP contribution in [0.15, 0.2) is 58.8 Å². The van der Waals surface area contributed by atoms with E-state index in [4.69, 9.17) is 15.9 Å². The van der Waals surface area contributed by atoms with Gasteiger partial charge < -0.3 is 19.9 Å². The first-order chi connectivity index (χ1) is 15.1. The zero-order chi connectivity index (χ0) is 21.8. The fraction of sp³-hybridized carbons (Fsp3) is 0.182. The number of azo groups is 1. The Labute approximate surface area is 177 Å². The van der Waals surface area contributed by atoms with Gasteiger partial charge in [0.15, 0.2) is 17.2 Å². The Bertz CT molecular complexity index is 1220. The number of fused-ring (bicyclic) bond motifs is 2. The van der Waals surface area contributed by atoms with Crippen molar-refractivity contribution < 1.29 is 24.2 Å². The van der Waals surface area contributed by atoms with Crippen molar-refractivity contribution in [1.29, 1.82) is 0 Å². The van der Waals surface area contributed by atoms with Crippen molar-refractivity contribution in [3.8, 4) is 29.7 Å². The van der Waals surface area contributed by atoms with E-state index in [2.05, 4.69) is 21.5 Å². The Morgan fingerprint density at radius 1 is 1.19 bits per heavy atom. The smallest absolute Gasteiger partial charge is 0.283 e. The molecule has 0 spiro atoms. The molecule has 1 aromatic heterocycles. The molecule has 2 aromatic carbocycles. The lowest BCUT2D eigenvalue weighted by Crippen LogP contribution is -2.45. The standard InChI is InChI=1S/C22H18N4O5/c1-2-11-26-15-8-4-3-7-14(15)20(22(26)29)25-24-19(27)12-23-21(28)18-13-30-16-9-5-6-10-17(16)31-18/h1,3-10,18,29H,11-13H2,(H,23,28)/t18-/m0/s1. The van der Waals surface area contributed by atoms with Gasteiger partial charge in [-0.15, -0.1) is 16.7 Å². The number of benzene rings is 2. The van der Waals surface area contributed by atoms with Gasteiger partial charge in [-0.05, 0) is 18.2 Å². The molecule has 2 amide bonds. The Morgan fingerprint density at radius 2 is 1.94 bits per heavy atom. The van der Waals surface area contributed by atoms with E-state index in [1.807, 2.05) is 0 Å². The third-order valence-corrected chi connectivity index (χ3v) is 4.64. The molecule has 2 N–H and O–H groups in total. The van der Waals surface area contributed by atoms with Crippen molar-refractivity contribution in [2.75, 3.05) is 13.2 Å². The normalized spacial score (nSPS) is 15.0. The van der Waals surface area contributed by atoms with E-state index in [-0.39, 0.29) is 31.3 Å². The van der Waals surface area contributed by atoms with Gasteiger partial charge in [0, 0.05) is 5.39 Å². The predicted octanol–water partition coefficient (Wildman–Crippen LogP) is 2.55. The second kappa shape index (κ2) is 8.59. The number of aromatic hydroxyl groups is 1. The molecule has 0 radical (unpaired) electrons. The molecule has 0 saturated heterocycles. The summed E-state index contributed by atoms with van der Waals surface area (Å²) in [7, 11) is 0. The second-order valence-electron chi connectivity index (χ2n) is 6.66. The summed E-state index contributed by atoms with van der Waals surface area (Å²) in [5, 5.41) is 21.0. The highest BCUT2D eigenvalue weighted by molar-refractivity contribution is 5.95. The third-order valence-electron chi connectivity index (χ3n) is 4.64. The van der Waals surface area contributed by atoms with Gasteiger partial charge in [-0.1, -0.05) is 36.3 Å². The Hall–Kier alpha value is -4.32. The summed E-state index contributed by atoms with van der Waals surface area (Å²) in [5.74, 6) is 2.08. The van der Waals surface area contributed by atoms with Crippen LogP contribution >= 0.6 is 0 Å². The summed E-state index contributed by atoms with van der Waals surface area (Å²) in [6, 6.07) is 14.1. The van der Waals surface area contributed by atoms with Crippen molar-refractivity contribution in [3.05, 3.63) is 48.5 Å². The fourth-order valence-electron chi connectivity index (χ4n) is 3.19. The largest absolute Gasteiger partial charge is 0.493 e. The number of hydrogen-bond donors (Lipinski definition) is 2. The molecular formula is C22H18N4O5. The number of hydrogen-bond acceptors (Lipinski definition) is 6. The van der Waals surface area contributed by atoms with E-state index >= 15 is 0 Å². The number of amides is 2. The van der Waals surface area contributed by atoms with E-state index in [0.29, 0.717) is 22.4 Å². The molecule has 0 aliphatic carbocycles. The van der Waals surface area contributed by atoms with Crippen LogP contribution in [0.5, 0.6) is 17.4 Å². The summed E-state index contributed by atoms with van der Waals surface area (Å²) in [6.45, 7) is -0.215. The molecule has 1 atom stereocenters. The number of carbonyl (C=O) groups excluding carboxylic acids is 2. The number of nitrogens with one attached hydrogen (secondary N) is 1. The maximum Gasteiger partial charge on any atom is 0.283 e. The SMILES string of the molecule is C#CCn1c(O)c(N=NC(=O)CNC(=O)[C@@H]2COc3ccccc3O2)c2ccccc21. The number of para-hydroxylation sites is 3. The molecule has 9 nitrogen and oxygen atoms in total. The van der Waals surface area contributed by atoms with Gasteiger partial charge in [-0.3, -0.25) is 14.2 Å². The number of ether oxygens (including phenoxy) is 2. The first-order valence-corrected chi connectivity index (χ1v) is 9.43. The van der Waals surface area contributed by atoms with E-state index in [9.17, 15) is 14.7 Å². The van der Waals surface area contributed by atoms with Gasteiger partial charge in [0.25, 0.3) is 11.8 Å². The quantitative estimate of drug-likeness (QED) is 0.488. The number of aromatic nitrogens is 1. The lowest BCUT2D eigenvalue weighted by molar-refractivity contribution is -0.132.